The number of rotatable bonds is 5. The molecule has 1 aromatic heterocycles. The Bertz CT molecular complexity index is 892. The van der Waals surface area contributed by atoms with Crippen molar-refractivity contribution in [2.24, 2.45) is 0 Å². The lowest BCUT2D eigenvalue weighted by Gasteiger charge is -2.13. The highest BCUT2D eigenvalue weighted by atomic mass is 19.1. The van der Waals surface area contributed by atoms with Crippen LogP contribution < -0.4 is 15.5 Å². The van der Waals surface area contributed by atoms with Crippen molar-refractivity contribution in [3.63, 3.8) is 0 Å². The molecule has 0 aliphatic rings. The summed E-state index contributed by atoms with van der Waals surface area (Å²) in [6.07, 6.45) is 1.45. The summed E-state index contributed by atoms with van der Waals surface area (Å²) in [5, 5.41) is 5.71. The molecular weight excluding hydrogens is 331 g/mol. The maximum Gasteiger partial charge on any atom is 0.257 e. The van der Waals surface area contributed by atoms with Gasteiger partial charge in [0.2, 0.25) is 0 Å². The summed E-state index contributed by atoms with van der Waals surface area (Å²) in [4.78, 5) is 18.5. The van der Waals surface area contributed by atoms with Crippen LogP contribution in [0.25, 0.3) is 0 Å². The first-order valence-corrected chi connectivity index (χ1v) is 8.09. The van der Waals surface area contributed by atoms with Gasteiger partial charge in [0.15, 0.2) is 0 Å². The molecule has 0 atom stereocenters. The summed E-state index contributed by atoms with van der Waals surface area (Å²) >= 11 is 0. The average molecular weight is 350 g/mol. The third-order valence-corrected chi connectivity index (χ3v) is 3.80. The summed E-state index contributed by atoms with van der Waals surface area (Å²) in [5.74, 6) is -0.275. The predicted molar refractivity (Wildman–Crippen MR) is 103 cm³/mol. The lowest BCUT2D eigenvalue weighted by Crippen LogP contribution is -2.13. The quantitative estimate of drug-likeness (QED) is 0.721. The van der Waals surface area contributed by atoms with E-state index in [-0.39, 0.29) is 5.69 Å². The Kier molecular flexibility index (Phi) is 5.12. The lowest BCUT2D eigenvalue weighted by atomic mass is 10.2. The number of pyridine rings is 1. The molecule has 6 heteroatoms. The number of halogens is 1. The van der Waals surface area contributed by atoms with Gasteiger partial charge in [-0.1, -0.05) is 12.1 Å². The van der Waals surface area contributed by atoms with E-state index >= 15 is 0 Å². The van der Waals surface area contributed by atoms with Crippen molar-refractivity contribution < 1.29 is 9.18 Å². The number of nitrogens with zero attached hydrogens (tertiary/aromatic N) is 2. The molecule has 2 N–H and O–H groups in total. The summed E-state index contributed by atoms with van der Waals surface area (Å²) in [7, 11) is 3.96. The van der Waals surface area contributed by atoms with E-state index in [1.165, 1.54) is 18.3 Å². The molecule has 0 saturated carbocycles. The minimum atomic E-state index is -0.478. The molecule has 0 saturated heterocycles. The first-order valence-electron chi connectivity index (χ1n) is 8.09. The van der Waals surface area contributed by atoms with Gasteiger partial charge in [0, 0.05) is 31.7 Å². The lowest BCUT2D eigenvalue weighted by molar-refractivity contribution is 0.102. The summed E-state index contributed by atoms with van der Waals surface area (Å²) in [6, 6.07) is 17.3. The molecule has 1 heterocycles. The van der Waals surface area contributed by atoms with Crippen molar-refractivity contribution in [2.75, 3.05) is 29.6 Å². The number of amides is 1. The van der Waals surface area contributed by atoms with Crippen LogP contribution in [0, 0.1) is 5.82 Å². The fourth-order valence-electron chi connectivity index (χ4n) is 2.35. The van der Waals surface area contributed by atoms with E-state index in [1.807, 2.05) is 43.3 Å². The summed E-state index contributed by atoms with van der Waals surface area (Å²) < 4.78 is 13.6. The molecule has 3 aromatic rings. The van der Waals surface area contributed by atoms with Crippen LogP contribution in [0.1, 0.15) is 10.4 Å². The van der Waals surface area contributed by atoms with Gasteiger partial charge >= 0.3 is 0 Å². The zero-order valence-electron chi connectivity index (χ0n) is 14.5. The first-order chi connectivity index (χ1) is 12.5. The number of para-hydroxylation sites is 1. The molecule has 0 aliphatic carbocycles. The van der Waals surface area contributed by atoms with Gasteiger partial charge in [0.1, 0.15) is 11.6 Å². The zero-order valence-corrected chi connectivity index (χ0v) is 14.5. The van der Waals surface area contributed by atoms with Gasteiger partial charge in [0.05, 0.1) is 11.3 Å². The largest absolute Gasteiger partial charge is 0.378 e. The molecule has 0 unspecified atom stereocenters. The molecule has 0 bridgehead atoms. The van der Waals surface area contributed by atoms with E-state index in [9.17, 15) is 9.18 Å². The minimum Gasteiger partial charge on any atom is -0.378 e. The normalized spacial score (nSPS) is 10.3. The number of aromatic nitrogens is 1. The van der Waals surface area contributed by atoms with Crippen LogP contribution in [0.5, 0.6) is 0 Å². The topological polar surface area (TPSA) is 57.3 Å². The second-order valence-electron chi connectivity index (χ2n) is 5.93. The van der Waals surface area contributed by atoms with Gasteiger partial charge in [-0.15, -0.1) is 0 Å². The number of nitrogens with one attached hydrogen (secondary N) is 2. The maximum atomic E-state index is 13.6. The molecule has 0 radical (unpaired) electrons. The van der Waals surface area contributed by atoms with Crippen LogP contribution >= 0.6 is 0 Å². The average Bonchev–Trinajstić information content (AvgIpc) is 2.64. The SMILES string of the molecule is CN(C)c1ccc(Nc2ccc(C(=O)Nc3ccccc3F)cn2)cc1. The van der Waals surface area contributed by atoms with Crippen LogP contribution in [-0.2, 0) is 0 Å². The molecule has 2 aromatic carbocycles. The van der Waals surface area contributed by atoms with E-state index in [4.69, 9.17) is 0 Å². The Morgan fingerprint density at radius 2 is 1.73 bits per heavy atom. The minimum absolute atomic E-state index is 0.140. The Balaban J connectivity index is 1.66. The van der Waals surface area contributed by atoms with Crippen LogP contribution in [0.2, 0.25) is 0 Å². The van der Waals surface area contributed by atoms with Crippen molar-refractivity contribution in [1.29, 1.82) is 0 Å². The zero-order chi connectivity index (χ0) is 18.5. The van der Waals surface area contributed by atoms with Gasteiger partial charge in [-0.25, -0.2) is 9.37 Å². The number of hydrogen-bond acceptors (Lipinski definition) is 4. The van der Waals surface area contributed by atoms with Gasteiger partial charge in [-0.05, 0) is 48.5 Å². The fraction of sp³-hybridized carbons (Fsp3) is 0.100. The highest BCUT2D eigenvalue weighted by Gasteiger charge is 2.09. The third kappa shape index (κ3) is 4.16. The highest BCUT2D eigenvalue weighted by Crippen LogP contribution is 2.19. The highest BCUT2D eigenvalue weighted by molar-refractivity contribution is 6.04. The molecule has 1 amide bonds. The maximum absolute atomic E-state index is 13.6. The molecular formula is C20H19FN4O. The summed E-state index contributed by atoms with van der Waals surface area (Å²) in [6.45, 7) is 0. The number of benzene rings is 2. The molecule has 0 fully saturated rings. The Morgan fingerprint density at radius 1 is 1.00 bits per heavy atom. The Hall–Kier alpha value is -3.41. The van der Waals surface area contributed by atoms with Crippen molar-refractivity contribution >= 4 is 28.8 Å². The van der Waals surface area contributed by atoms with Gasteiger partial charge < -0.3 is 15.5 Å². The Morgan fingerprint density at radius 3 is 2.35 bits per heavy atom. The second-order valence-corrected chi connectivity index (χ2v) is 5.93. The number of anilines is 4. The van der Waals surface area contributed by atoms with E-state index in [0.29, 0.717) is 11.4 Å². The smallest absolute Gasteiger partial charge is 0.257 e. The molecule has 0 spiro atoms. The number of hydrogen-bond donors (Lipinski definition) is 2. The Labute approximate surface area is 151 Å². The van der Waals surface area contributed by atoms with Crippen molar-refractivity contribution in [1.82, 2.24) is 4.98 Å². The van der Waals surface area contributed by atoms with Crippen LogP contribution in [0.15, 0.2) is 66.9 Å². The van der Waals surface area contributed by atoms with E-state index in [2.05, 4.69) is 15.6 Å². The second kappa shape index (κ2) is 7.65. The molecule has 26 heavy (non-hydrogen) atoms. The predicted octanol–water partition coefficient (Wildman–Crippen LogP) is 4.28. The number of carbonyl (C=O) groups is 1. The molecule has 132 valence electrons. The summed E-state index contributed by atoms with van der Waals surface area (Å²) in [5.41, 5.74) is 2.48. The fourth-order valence-corrected chi connectivity index (χ4v) is 2.35. The van der Waals surface area contributed by atoms with Crippen molar-refractivity contribution in [2.45, 2.75) is 0 Å². The van der Waals surface area contributed by atoms with E-state index in [1.54, 1.807) is 24.3 Å². The first kappa shape index (κ1) is 17.4. The van der Waals surface area contributed by atoms with Crippen LogP contribution in [-0.4, -0.2) is 25.0 Å². The van der Waals surface area contributed by atoms with E-state index < -0.39 is 11.7 Å². The van der Waals surface area contributed by atoms with Crippen LogP contribution in [0.4, 0.5) is 27.3 Å². The van der Waals surface area contributed by atoms with Crippen molar-refractivity contribution in [3.8, 4) is 0 Å². The molecule has 0 aliphatic heterocycles. The van der Waals surface area contributed by atoms with Crippen molar-refractivity contribution in [3.05, 3.63) is 78.2 Å². The molecule has 3 rings (SSSR count). The standard InChI is InChI=1S/C20H19FN4O/c1-25(2)16-10-8-15(9-11-16)23-19-12-7-14(13-22-19)20(26)24-18-6-4-3-5-17(18)21/h3-13H,1-2H3,(H,22,23)(H,24,26). The van der Waals surface area contributed by atoms with E-state index in [0.717, 1.165) is 11.4 Å². The van der Waals surface area contributed by atoms with Gasteiger partial charge in [-0.3, -0.25) is 4.79 Å². The third-order valence-electron chi connectivity index (χ3n) is 3.80. The van der Waals surface area contributed by atoms with Crippen LogP contribution in [0.3, 0.4) is 0 Å². The van der Waals surface area contributed by atoms with Gasteiger partial charge in [0.25, 0.3) is 5.91 Å². The number of carbonyl (C=O) groups excluding carboxylic acids is 1. The molecule has 5 nitrogen and oxygen atoms in total. The monoisotopic (exact) mass is 350 g/mol. The van der Waals surface area contributed by atoms with Gasteiger partial charge in [-0.2, -0.15) is 0 Å².